The first-order valence-corrected chi connectivity index (χ1v) is 7.61. The minimum absolute atomic E-state index is 0.128. The van der Waals surface area contributed by atoms with Gasteiger partial charge in [0.15, 0.2) is 0 Å². The van der Waals surface area contributed by atoms with Crippen LogP contribution in [0.3, 0.4) is 0 Å². The van der Waals surface area contributed by atoms with Crippen molar-refractivity contribution in [3.63, 3.8) is 0 Å². The van der Waals surface area contributed by atoms with E-state index >= 15 is 0 Å². The molecule has 3 rings (SSSR count). The van der Waals surface area contributed by atoms with Gasteiger partial charge in [-0.3, -0.25) is 5.32 Å². The third-order valence-corrected chi connectivity index (χ3v) is 4.48. The molecule has 0 saturated heterocycles. The smallest absolute Gasteiger partial charge is 0.110 e. The van der Waals surface area contributed by atoms with Crippen LogP contribution in [0, 0.1) is 0 Å². The van der Waals surface area contributed by atoms with Crippen molar-refractivity contribution in [2.45, 2.75) is 18.7 Å². The highest BCUT2D eigenvalue weighted by molar-refractivity contribution is 7.09. The maximum atomic E-state index is 10.5. The van der Waals surface area contributed by atoms with Gasteiger partial charge in [-0.15, -0.1) is 11.3 Å². The maximum absolute atomic E-state index is 10.5. The van der Waals surface area contributed by atoms with Crippen molar-refractivity contribution in [3.05, 3.63) is 58.9 Å². The van der Waals surface area contributed by atoms with Crippen molar-refractivity contribution in [1.29, 1.82) is 0 Å². The number of likely N-dealkylation sites (N-methyl/N-ethyl adjacent to an activating group) is 1. The molecule has 1 aromatic carbocycles. The van der Waals surface area contributed by atoms with Crippen LogP contribution >= 0.6 is 11.3 Å². The first kappa shape index (κ1) is 13.4. The fourth-order valence-electron chi connectivity index (χ4n) is 2.61. The fourth-order valence-corrected chi connectivity index (χ4v) is 3.37. The molecule has 2 atom stereocenters. The van der Waals surface area contributed by atoms with Gasteiger partial charge in [-0.25, -0.2) is 0 Å². The van der Waals surface area contributed by atoms with E-state index in [9.17, 15) is 5.11 Å². The summed E-state index contributed by atoms with van der Waals surface area (Å²) in [6, 6.07) is 14.4. The van der Waals surface area contributed by atoms with Crippen LogP contribution in [0.4, 0.5) is 0 Å². The van der Waals surface area contributed by atoms with Gasteiger partial charge in [-0.1, -0.05) is 24.3 Å². The van der Waals surface area contributed by atoms with Crippen molar-refractivity contribution in [1.82, 2.24) is 9.88 Å². The molecule has 0 aliphatic heterocycles. The molecule has 3 aromatic rings. The van der Waals surface area contributed by atoms with E-state index in [2.05, 4.69) is 34.1 Å². The number of fused-ring (bicyclic) bond motifs is 1. The van der Waals surface area contributed by atoms with Crippen molar-refractivity contribution < 1.29 is 5.11 Å². The van der Waals surface area contributed by atoms with E-state index in [0.29, 0.717) is 6.42 Å². The average Bonchev–Trinajstić information content (AvgIpc) is 3.10. The minimum atomic E-state index is -0.463. The van der Waals surface area contributed by atoms with Gasteiger partial charge in [0.05, 0.1) is 6.10 Å². The van der Waals surface area contributed by atoms with Gasteiger partial charge in [0.25, 0.3) is 0 Å². The van der Waals surface area contributed by atoms with E-state index in [1.54, 1.807) is 11.3 Å². The predicted octanol–water partition coefficient (Wildman–Crippen LogP) is 3.02. The number of para-hydroxylation sites is 1. The lowest BCUT2D eigenvalue weighted by atomic mass is 10.1. The van der Waals surface area contributed by atoms with E-state index < -0.39 is 6.10 Å². The lowest BCUT2D eigenvalue weighted by molar-refractivity contribution is 0.101. The Kier molecular flexibility index (Phi) is 3.87. The topological polar surface area (TPSA) is 37.2 Å². The Hall–Kier alpha value is -1.62. The molecule has 0 radical (unpaired) electrons. The van der Waals surface area contributed by atoms with Crippen LogP contribution in [0.2, 0.25) is 0 Å². The quantitative estimate of drug-likeness (QED) is 0.756. The predicted molar refractivity (Wildman–Crippen MR) is 84.1 cm³/mol. The minimum Gasteiger partial charge on any atom is -0.389 e. The Morgan fingerprint density at radius 2 is 2.05 bits per heavy atom. The molecule has 0 aliphatic rings. The summed E-state index contributed by atoms with van der Waals surface area (Å²) >= 11 is 1.68. The van der Waals surface area contributed by atoms with Crippen molar-refractivity contribution in [2.24, 2.45) is 0 Å². The summed E-state index contributed by atoms with van der Waals surface area (Å²) in [4.78, 5) is 1.20. The Morgan fingerprint density at radius 3 is 2.80 bits per heavy atom. The zero-order valence-electron chi connectivity index (χ0n) is 11.4. The van der Waals surface area contributed by atoms with Gasteiger partial charge in [-0.05, 0) is 36.0 Å². The van der Waals surface area contributed by atoms with E-state index in [-0.39, 0.29) is 6.17 Å². The van der Waals surface area contributed by atoms with Gasteiger partial charge in [0.1, 0.15) is 6.17 Å². The summed E-state index contributed by atoms with van der Waals surface area (Å²) < 4.78 is 2.10. The third-order valence-electron chi connectivity index (χ3n) is 3.58. The van der Waals surface area contributed by atoms with Crippen molar-refractivity contribution >= 4 is 22.2 Å². The second kappa shape index (κ2) is 5.79. The highest BCUT2D eigenvalue weighted by atomic mass is 32.1. The lowest BCUT2D eigenvalue weighted by Gasteiger charge is -2.24. The first-order valence-electron chi connectivity index (χ1n) is 6.73. The summed E-state index contributed by atoms with van der Waals surface area (Å²) in [6.45, 7) is 0. The Balaban J connectivity index is 1.89. The molecule has 0 fully saturated rings. The molecule has 3 nitrogen and oxygen atoms in total. The molecule has 2 heterocycles. The normalized spacial score (nSPS) is 14.5. The van der Waals surface area contributed by atoms with Crippen LogP contribution < -0.4 is 5.32 Å². The monoisotopic (exact) mass is 286 g/mol. The number of aliphatic hydroxyl groups is 1. The summed E-state index contributed by atoms with van der Waals surface area (Å²) in [5.74, 6) is 0. The van der Waals surface area contributed by atoms with Crippen molar-refractivity contribution in [3.8, 4) is 0 Å². The number of aromatic nitrogens is 1. The van der Waals surface area contributed by atoms with Crippen LogP contribution in [0.25, 0.3) is 10.9 Å². The highest BCUT2D eigenvalue weighted by Crippen LogP contribution is 2.23. The maximum Gasteiger partial charge on any atom is 0.110 e. The number of hydrogen-bond acceptors (Lipinski definition) is 3. The lowest BCUT2D eigenvalue weighted by Crippen LogP contribution is -2.35. The zero-order chi connectivity index (χ0) is 13.9. The fraction of sp³-hybridized carbons (Fsp3) is 0.250. The van der Waals surface area contributed by atoms with E-state index in [1.165, 1.54) is 10.3 Å². The molecular weight excluding hydrogens is 268 g/mol. The molecular formula is C16H18N2OS. The highest BCUT2D eigenvalue weighted by Gasteiger charge is 2.20. The standard InChI is InChI=1S/C16H18N2OS/c1-17-16(15(19)11-13-6-4-10-20-13)18-9-8-12-5-2-3-7-14(12)18/h2-10,15-17,19H,11H2,1H3. The summed E-state index contributed by atoms with van der Waals surface area (Å²) in [7, 11) is 1.89. The Morgan fingerprint density at radius 1 is 1.20 bits per heavy atom. The third kappa shape index (κ3) is 2.50. The zero-order valence-corrected chi connectivity index (χ0v) is 12.2. The average molecular weight is 286 g/mol. The molecule has 2 aromatic heterocycles. The molecule has 20 heavy (non-hydrogen) atoms. The molecule has 0 amide bonds. The number of rotatable bonds is 5. The second-order valence-corrected chi connectivity index (χ2v) is 5.90. The second-order valence-electron chi connectivity index (χ2n) is 4.87. The number of nitrogens with zero attached hydrogens (tertiary/aromatic N) is 1. The molecule has 2 unspecified atom stereocenters. The van der Waals surface area contributed by atoms with Crippen molar-refractivity contribution in [2.75, 3.05) is 7.05 Å². The van der Waals surface area contributed by atoms with Crippen LogP contribution in [-0.4, -0.2) is 22.8 Å². The molecule has 0 aliphatic carbocycles. The van der Waals surface area contributed by atoms with Gasteiger partial charge < -0.3 is 9.67 Å². The van der Waals surface area contributed by atoms with Gasteiger partial charge in [-0.2, -0.15) is 0 Å². The van der Waals surface area contributed by atoms with E-state index in [1.807, 2.05) is 36.8 Å². The SMILES string of the molecule is CNC(C(O)Cc1cccs1)n1ccc2ccccc21. The van der Waals surface area contributed by atoms with Crippen LogP contribution in [0.15, 0.2) is 54.0 Å². The molecule has 0 bridgehead atoms. The summed E-state index contributed by atoms with van der Waals surface area (Å²) in [5, 5.41) is 17.0. The Labute approximate surface area is 122 Å². The van der Waals surface area contributed by atoms with Gasteiger partial charge >= 0.3 is 0 Å². The van der Waals surface area contributed by atoms with Crippen LogP contribution in [0.5, 0.6) is 0 Å². The number of thiophene rings is 1. The molecule has 2 N–H and O–H groups in total. The molecule has 104 valence electrons. The van der Waals surface area contributed by atoms with E-state index in [0.717, 1.165) is 5.52 Å². The largest absolute Gasteiger partial charge is 0.389 e. The van der Waals surface area contributed by atoms with Gasteiger partial charge in [0, 0.05) is 23.0 Å². The first-order chi connectivity index (χ1) is 9.79. The molecule has 4 heteroatoms. The summed E-state index contributed by atoms with van der Waals surface area (Å²) in [5.41, 5.74) is 1.14. The molecule has 0 saturated carbocycles. The van der Waals surface area contributed by atoms with Gasteiger partial charge in [0.2, 0.25) is 0 Å². The number of aliphatic hydroxyl groups excluding tert-OH is 1. The number of nitrogens with one attached hydrogen (secondary N) is 1. The Bertz CT molecular complexity index is 675. The molecule has 0 spiro atoms. The van der Waals surface area contributed by atoms with Crippen LogP contribution in [-0.2, 0) is 6.42 Å². The number of benzene rings is 1. The summed E-state index contributed by atoms with van der Waals surface area (Å²) in [6.07, 6.45) is 2.10. The van der Waals surface area contributed by atoms with Crippen LogP contribution in [0.1, 0.15) is 11.0 Å². The van der Waals surface area contributed by atoms with E-state index in [4.69, 9.17) is 0 Å². The number of hydrogen-bond donors (Lipinski definition) is 2.